The van der Waals surface area contributed by atoms with Crippen LogP contribution in [0.1, 0.15) is 18.9 Å². The van der Waals surface area contributed by atoms with E-state index in [9.17, 15) is 0 Å². The predicted octanol–water partition coefficient (Wildman–Crippen LogP) is 6.93. The summed E-state index contributed by atoms with van der Waals surface area (Å²) >= 11 is 1.46. The molecule has 0 saturated heterocycles. The molecule has 26 heavy (non-hydrogen) atoms. The average Bonchev–Trinajstić information content (AvgIpc) is 3.27. The molecule has 4 rings (SSSR count). The van der Waals surface area contributed by atoms with Crippen LogP contribution >= 0.6 is 24.8 Å². The zero-order valence-corrected chi connectivity index (χ0v) is 19.3. The summed E-state index contributed by atoms with van der Waals surface area (Å²) < 4.78 is 2.17. The number of allylic oxidation sites excluding steroid dienone is 4. The van der Waals surface area contributed by atoms with Crippen molar-refractivity contribution in [2.75, 3.05) is 0 Å². The van der Waals surface area contributed by atoms with Crippen LogP contribution in [0.5, 0.6) is 0 Å². The maximum atomic E-state index is 3.05. The zero-order chi connectivity index (χ0) is 16.3. The van der Waals surface area contributed by atoms with E-state index in [4.69, 9.17) is 0 Å². The summed E-state index contributed by atoms with van der Waals surface area (Å²) in [6.07, 6.45) is 8.24. The Morgan fingerprint density at radius 2 is 1.62 bits per heavy atom. The first-order chi connectivity index (χ1) is 11.3. The van der Waals surface area contributed by atoms with Crippen LogP contribution in [0, 0.1) is 13.5 Å². The van der Waals surface area contributed by atoms with Gasteiger partial charge in [-0.05, 0) is 0 Å². The summed E-state index contributed by atoms with van der Waals surface area (Å²) in [5, 5.41) is 2.66. The van der Waals surface area contributed by atoms with Gasteiger partial charge < -0.3 is 7.43 Å². The fourth-order valence-corrected chi connectivity index (χ4v) is 2.59. The molecular formula is C23H25Cl2Zr-3. The second kappa shape index (κ2) is 16.1. The van der Waals surface area contributed by atoms with Gasteiger partial charge in [0.2, 0.25) is 0 Å². The first kappa shape index (κ1) is 27.1. The molecule has 0 bridgehead atoms. The third-order valence-electron chi connectivity index (χ3n) is 3.39. The molecular weight excluding hydrogens is 438 g/mol. The number of benzene rings is 2. The molecule has 3 aromatic carbocycles. The molecule has 1 aliphatic carbocycles. The van der Waals surface area contributed by atoms with Crippen LogP contribution in [-0.4, -0.2) is 3.71 Å². The van der Waals surface area contributed by atoms with Gasteiger partial charge in [-0.1, -0.05) is 6.07 Å². The van der Waals surface area contributed by atoms with Crippen molar-refractivity contribution in [3.8, 4) is 0 Å². The van der Waals surface area contributed by atoms with E-state index in [0.29, 0.717) is 0 Å². The SMILES string of the molecule is CC1=CC[C-]=C1.Cl.Cl.[CH3-].[Zr]=[CH]c1ccccc1.c1ccc2[cH-]ccc2c1. The minimum absolute atomic E-state index is 0. The molecule has 0 atom stereocenters. The Bertz CT molecular complexity index is 753. The third kappa shape index (κ3) is 10.1. The van der Waals surface area contributed by atoms with Gasteiger partial charge in [0, 0.05) is 0 Å². The molecule has 0 nitrogen and oxygen atoms in total. The smallest absolute Gasteiger partial charge is 0.0809 e. The molecule has 1 aliphatic rings. The van der Waals surface area contributed by atoms with Gasteiger partial charge in [-0.2, -0.15) is 23.6 Å². The minimum atomic E-state index is 0. The molecule has 0 aromatic heterocycles. The summed E-state index contributed by atoms with van der Waals surface area (Å²) in [7, 11) is 0. The molecule has 0 N–H and O–H groups in total. The topological polar surface area (TPSA) is 0 Å². The Kier molecular flexibility index (Phi) is 16.7. The molecule has 3 heteroatoms. The van der Waals surface area contributed by atoms with Crippen LogP contribution in [0.2, 0.25) is 0 Å². The van der Waals surface area contributed by atoms with Crippen molar-refractivity contribution < 1.29 is 24.2 Å². The van der Waals surface area contributed by atoms with Crippen molar-refractivity contribution in [1.29, 1.82) is 0 Å². The Balaban J connectivity index is 0. The summed E-state index contributed by atoms with van der Waals surface area (Å²) in [5.74, 6) is 0. The number of hydrogen-bond donors (Lipinski definition) is 0. The van der Waals surface area contributed by atoms with Gasteiger partial charge in [0.15, 0.2) is 0 Å². The Morgan fingerprint density at radius 1 is 0.962 bits per heavy atom. The predicted molar refractivity (Wildman–Crippen MR) is 118 cm³/mol. The molecule has 0 aliphatic heterocycles. The van der Waals surface area contributed by atoms with Gasteiger partial charge in [-0.3, -0.25) is 6.08 Å². The molecule has 0 spiro atoms. The Morgan fingerprint density at radius 3 is 2.08 bits per heavy atom. The van der Waals surface area contributed by atoms with E-state index in [0.717, 1.165) is 6.42 Å². The minimum Gasteiger partial charge on any atom is -0.168 e. The van der Waals surface area contributed by atoms with E-state index in [-0.39, 0.29) is 32.2 Å². The van der Waals surface area contributed by atoms with Crippen LogP contribution < -0.4 is 0 Å². The van der Waals surface area contributed by atoms with Crippen LogP contribution in [0.3, 0.4) is 0 Å². The van der Waals surface area contributed by atoms with E-state index in [1.54, 1.807) is 0 Å². The molecule has 0 heterocycles. The summed E-state index contributed by atoms with van der Waals surface area (Å²) in [5.41, 5.74) is 2.67. The number of halogens is 2. The molecule has 0 unspecified atom stereocenters. The fourth-order valence-electron chi connectivity index (χ4n) is 2.12. The second-order valence-corrected chi connectivity index (χ2v) is 5.92. The summed E-state index contributed by atoms with van der Waals surface area (Å²) in [4.78, 5) is 0. The monoisotopic (exact) mass is 461 g/mol. The van der Waals surface area contributed by atoms with Crippen LogP contribution in [-0.2, 0) is 24.2 Å². The van der Waals surface area contributed by atoms with Crippen LogP contribution in [0.15, 0.2) is 90.5 Å². The maximum absolute atomic E-state index is 3.05. The van der Waals surface area contributed by atoms with Gasteiger partial charge in [-0.25, -0.2) is 11.6 Å². The number of fused-ring (bicyclic) bond motifs is 1. The quantitative estimate of drug-likeness (QED) is 0.343. The molecule has 138 valence electrons. The maximum Gasteiger partial charge on any atom is -0.0809 e. The van der Waals surface area contributed by atoms with E-state index in [1.807, 2.05) is 12.1 Å². The van der Waals surface area contributed by atoms with Gasteiger partial charge in [-0.15, -0.1) is 67.8 Å². The van der Waals surface area contributed by atoms with Gasteiger partial charge in [0.05, 0.1) is 0 Å². The summed E-state index contributed by atoms with van der Waals surface area (Å²) in [6, 6.07) is 25.0. The van der Waals surface area contributed by atoms with Crippen molar-refractivity contribution in [2.24, 2.45) is 0 Å². The fraction of sp³-hybridized carbons (Fsp3) is 0.0870. The number of rotatable bonds is 1. The van der Waals surface area contributed by atoms with Gasteiger partial charge in [0.1, 0.15) is 0 Å². The van der Waals surface area contributed by atoms with Crippen molar-refractivity contribution in [3.05, 3.63) is 110 Å². The second-order valence-electron chi connectivity index (χ2n) is 5.21. The molecule has 0 radical (unpaired) electrons. The normalized spacial score (nSPS) is 10.4. The third-order valence-corrected chi connectivity index (χ3v) is 4.20. The van der Waals surface area contributed by atoms with Crippen molar-refractivity contribution >= 4 is 39.3 Å². The average molecular weight is 464 g/mol. The molecule has 0 fully saturated rings. The largest absolute Gasteiger partial charge is 0.168 e. The first-order valence-electron chi connectivity index (χ1n) is 7.69. The van der Waals surface area contributed by atoms with E-state index in [2.05, 4.69) is 89.5 Å². The first-order valence-corrected chi connectivity index (χ1v) is 9.11. The molecule has 0 amide bonds. The van der Waals surface area contributed by atoms with Crippen molar-refractivity contribution in [2.45, 2.75) is 13.3 Å². The molecule has 3 aromatic rings. The number of hydrogen-bond acceptors (Lipinski definition) is 0. The zero-order valence-electron chi connectivity index (χ0n) is 15.2. The van der Waals surface area contributed by atoms with Crippen LogP contribution in [0.25, 0.3) is 10.8 Å². The Labute approximate surface area is 185 Å². The standard InChI is InChI=1S/C9H7.C7H6.C6H7.CH3.2ClH.Zr/c1-2-5-9-7-3-6-8(9)4-1;1-7-5-3-2-4-6-7;1-6-4-2-3-5-6;;;;/h1-7H;1-6H;4-5H,2H2,1H3;1H3;2*1H;/q-1;;2*-1;;;. The van der Waals surface area contributed by atoms with Crippen LogP contribution in [0.4, 0.5) is 0 Å². The van der Waals surface area contributed by atoms with E-state index in [1.165, 1.54) is 46.1 Å². The van der Waals surface area contributed by atoms with Gasteiger partial charge in [0.25, 0.3) is 0 Å². The Hall–Kier alpha value is -1.14. The van der Waals surface area contributed by atoms with E-state index < -0.39 is 0 Å². The van der Waals surface area contributed by atoms with Gasteiger partial charge >= 0.3 is 63.8 Å². The summed E-state index contributed by atoms with van der Waals surface area (Å²) in [6.45, 7) is 2.08. The van der Waals surface area contributed by atoms with Crippen molar-refractivity contribution in [1.82, 2.24) is 0 Å². The van der Waals surface area contributed by atoms with Crippen molar-refractivity contribution in [3.63, 3.8) is 0 Å². The van der Waals surface area contributed by atoms with E-state index >= 15 is 0 Å². The molecule has 0 saturated carbocycles.